The Kier molecular flexibility index (Phi) is 3.97. The van der Waals surface area contributed by atoms with E-state index in [9.17, 15) is 9.59 Å². The first-order valence-corrected chi connectivity index (χ1v) is 7.03. The van der Waals surface area contributed by atoms with E-state index < -0.39 is 0 Å². The van der Waals surface area contributed by atoms with Crippen LogP contribution in [0, 0.1) is 23.7 Å². The minimum absolute atomic E-state index is 0.151. The van der Waals surface area contributed by atoms with Crippen LogP contribution in [-0.4, -0.2) is 25.2 Å². The molecule has 2 aliphatic carbocycles. The summed E-state index contributed by atoms with van der Waals surface area (Å²) < 4.78 is 10.3. The molecule has 2 bridgehead atoms. The first kappa shape index (κ1) is 14.1. The van der Waals surface area contributed by atoms with Gasteiger partial charge in [-0.05, 0) is 46.0 Å². The third-order valence-corrected chi connectivity index (χ3v) is 4.61. The maximum Gasteiger partial charge on any atom is 0.310 e. The van der Waals surface area contributed by atoms with Crippen LogP contribution in [0.3, 0.4) is 0 Å². The lowest BCUT2D eigenvalue weighted by molar-refractivity contribution is -0.161. The number of allylic oxidation sites excluding steroid dienone is 2. The van der Waals surface area contributed by atoms with Gasteiger partial charge >= 0.3 is 11.9 Å². The van der Waals surface area contributed by atoms with Crippen molar-refractivity contribution in [2.24, 2.45) is 23.7 Å². The molecule has 2 rings (SSSR count). The van der Waals surface area contributed by atoms with Crippen LogP contribution in [0.1, 0.15) is 34.1 Å². The van der Waals surface area contributed by atoms with Crippen molar-refractivity contribution in [2.75, 3.05) is 13.2 Å². The Morgan fingerprint density at radius 2 is 1.32 bits per heavy atom. The van der Waals surface area contributed by atoms with E-state index >= 15 is 0 Å². The fourth-order valence-corrected chi connectivity index (χ4v) is 3.64. The second-order valence-corrected chi connectivity index (χ2v) is 5.37. The van der Waals surface area contributed by atoms with Crippen LogP contribution in [0.2, 0.25) is 0 Å². The molecule has 0 heterocycles. The van der Waals surface area contributed by atoms with E-state index in [4.69, 9.17) is 9.47 Å². The molecule has 0 spiro atoms. The molecular weight excluding hydrogens is 244 g/mol. The van der Waals surface area contributed by atoms with Gasteiger partial charge < -0.3 is 9.47 Å². The normalized spacial score (nSPS) is 32.6. The van der Waals surface area contributed by atoms with Gasteiger partial charge in [0.25, 0.3) is 0 Å². The summed E-state index contributed by atoms with van der Waals surface area (Å²) in [5.41, 5.74) is 2.51. The minimum atomic E-state index is -0.354. The van der Waals surface area contributed by atoms with Crippen LogP contribution in [-0.2, 0) is 19.1 Å². The summed E-state index contributed by atoms with van der Waals surface area (Å²) in [7, 11) is 0. The zero-order valence-corrected chi connectivity index (χ0v) is 12.1. The number of esters is 2. The predicted molar refractivity (Wildman–Crippen MR) is 70.2 cm³/mol. The van der Waals surface area contributed by atoms with Gasteiger partial charge in [0, 0.05) is 0 Å². The average molecular weight is 266 g/mol. The summed E-state index contributed by atoms with van der Waals surface area (Å²) in [4.78, 5) is 24.3. The van der Waals surface area contributed by atoms with Crippen molar-refractivity contribution in [2.45, 2.75) is 34.1 Å². The van der Waals surface area contributed by atoms with Crippen molar-refractivity contribution >= 4 is 11.9 Å². The van der Waals surface area contributed by atoms with Gasteiger partial charge in [-0.1, -0.05) is 11.1 Å². The minimum Gasteiger partial charge on any atom is -0.466 e. The van der Waals surface area contributed by atoms with Crippen molar-refractivity contribution < 1.29 is 19.1 Å². The van der Waals surface area contributed by atoms with Crippen LogP contribution in [0.25, 0.3) is 0 Å². The molecule has 19 heavy (non-hydrogen) atoms. The van der Waals surface area contributed by atoms with Crippen molar-refractivity contribution in [3.8, 4) is 0 Å². The van der Waals surface area contributed by atoms with E-state index in [-0.39, 0.29) is 35.6 Å². The molecule has 0 radical (unpaired) electrons. The molecule has 1 saturated carbocycles. The molecule has 4 heteroatoms. The van der Waals surface area contributed by atoms with Crippen molar-refractivity contribution in [1.29, 1.82) is 0 Å². The summed E-state index contributed by atoms with van der Waals surface area (Å²) in [6.45, 7) is 8.41. The zero-order valence-electron chi connectivity index (χ0n) is 12.1. The fourth-order valence-electron chi connectivity index (χ4n) is 3.64. The van der Waals surface area contributed by atoms with Crippen molar-refractivity contribution in [3.05, 3.63) is 11.1 Å². The van der Waals surface area contributed by atoms with Gasteiger partial charge in [0.1, 0.15) is 0 Å². The third kappa shape index (κ3) is 2.17. The Bertz CT molecular complexity index is 386. The topological polar surface area (TPSA) is 52.6 Å². The van der Waals surface area contributed by atoms with E-state index in [1.54, 1.807) is 13.8 Å². The monoisotopic (exact) mass is 266 g/mol. The quantitative estimate of drug-likeness (QED) is 0.579. The van der Waals surface area contributed by atoms with E-state index in [1.807, 2.05) is 0 Å². The second-order valence-electron chi connectivity index (χ2n) is 5.37. The number of ether oxygens (including phenoxy) is 2. The highest BCUT2D eigenvalue weighted by Crippen LogP contribution is 2.55. The van der Waals surface area contributed by atoms with Crippen molar-refractivity contribution in [1.82, 2.24) is 0 Å². The molecule has 2 aliphatic rings. The summed E-state index contributed by atoms with van der Waals surface area (Å²) in [6.07, 6.45) is 0.880. The van der Waals surface area contributed by atoms with Gasteiger partial charge in [-0.2, -0.15) is 0 Å². The number of carbonyl (C=O) groups is 2. The first-order chi connectivity index (χ1) is 9.02. The molecule has 4 nitrogen and oxygen atoms in total. The molecule has 4 unspecified atom stereocenters. The van der Waals surface area contributed by atoms with Gasteiger partial charge in [0.05, 0.1) is 25.0 Å². The predicted octanol–water partition coefficient (Wildman–Crippen LogP) is 2.33. The van der Waals surface area contributed by atoms with E-state index in [0.717, 1.165) is 6.42 Å². The van der Waals surface area contributed by atoms with Crippen molar-refractivity contribution in [3.63, 3.8) is 0 Å². The van der Waals surface area contributed by atoms with Crippen LogP contribution < -0.4 is 0 Å². The smallest absolute Gasteiger partial charge is 0.310 e. The Labute approximate surface area is 114 Å². The van der Waals surface area contributed by atoms with E-state index in [1.165, 1.54) is 11.1 Å². The lowest BCUT2D eigenvalue weighted by Crippen LogP contribution is -2.37. The first-order valence-electron chi connectivity index (χ1n) is 7.03. The maximum atomic E-state index is 12.2. The number of hydrogen-bond acceptors (Lipinski definition) is 4. The highest BCUT2D eigenvalue weighted by atomic mass is 16.5. The molecular formula is C15H22O4. The third-order valence-electron chi connectivity index (χ3n) is 4.61. The molecule has 0 aromatic carbocycles. The molecule has 0 aromatic heterocycles. The SMILES string of the molecule is CCOC(=O)C1C2CC(C(C)=C2C)C1C(=O)OCC. The molecule has 1 fully saturated rings. The summed E-state index contributed by atoms with van der Waals surface area (Å²) in [6, 6.07) is 0. The largest absolute Gasteiger partial charge is 0.466 e. The van der Waals surface area contributed by atoms with Gasteiger partial charge in [-0.25, -0.2) is 0 Å². The molecule has 0 N–H and O–H groups in total. The Morgan fingerprint density at radius 3 is 1.63 bits per heavy atom. The summed E-state index contributed by atoms with van der Waals surface area (Å²) in [5.74, 6) is -0.905. The molecule has 0 aliphatic heterocycles. The van der Waals surface area contributed by atoms with Gasteiger partial charge in [0.15, 0.2) is 0 Å². The average Bonchev–Trinajstić information content (AvgIpc) is 2.88. The molecule has 0 amide bonds. The highest BCUT2D eigenvalue weighted by Gasteiger charge is 2.56. The van der Waals surface area contributed by atoms with Gasteiger partial charge in [-0.15, -0.1) is 0 Å². The lowest BCUT2D eigenvalue weighted by atomic mass is 9.76. The Morgan fingerprint density at radius 1 is 0.947 bits per heavy atom. The fraction of sp³-hybridized carbons (Fsp3) is 0.733. The van der Waals surface area contributed by atoms with E-state index in [2.05, 4.69) is 13.8 Å². The molecule has 0 saturated heterocycles. The molecule has 0 aromatic rings. The summed E-state index contributed by atoms with van der Waals surface area (Å²) >= 11 is 0. The van der Waals surface area contributed by atoms with E-state index in [0.29, 0.717) is 13.2 Å². The van der Waals surface area contributed by atoms with Gasteiger partial charge in [-0.3, -0.25) is 9.59 Å². The van der Waals surface area contributed by atoms with Crippen LogP contribution >= 0.6 is 0 Å². The van der Waals surface area contributed by atoms with Crippen LogP contribution in [0.4, 0.5) is 0 Å². The van der Waals surface area contributed by atoms with Crippen LogP contribution in [0.15, 0.2) is 11.1 Å². The second kappa shape index (κ2) is 5.35. The standard InChI is InChI=1S/C15H22O4/c1-5-18-14(16)12-10-7-11(9(4)8(10)3)13(12)15(17)19-6-2/h10-13H,5-7H2,1-4H3. The molecule has 4 atom stereocenters. The number of carbonyl (C=O) groups excluding carboxylic acids is 2. The zero-order chi connectivity index (χ0) is 14.2. The molecule has 106 valence electrons. The summed E-state index contributed by atoms with van der Waals surface area (Å²) in [5, 5.41) is 0. The Balaban J connectivity index is 2.28. The number of rotatable bonds is 4. The highest BCUT2D eigenvalue weighted by molar-refractivity contribution is 5.85. The number of hydrogen-bond donors (Lipinski definition) is 0. The van der Waals surface area contributed by atoms with Crippen LogP contribution in [0.5, 0.6) is 0 Å². The van der Waals surface area contributed by atoms with Gasteiger partial charge in [0.2, 0.25) is 0 Å². The lowest BCUT2D eigenvalue weighted by Gasteiger charge is -2.29. The Hall–Kier alpha value is -1.32. The maximum absolute atomic E-state index is 12.2. The number of fused-ring (bicyclic) bond motifs is 2.